The number of aliphatic hydroxyl groups is 1. The fourth-order valence-corrected chi connectivity index (χ4v) is 1.86. The van der Waals surface area contributed by atoms with E-state index >= 15 is 0 Å². The second kappa shape index (κ2) is 4.98. The van der Waals surface area contributed by atoms with Crippen molar-refractivity contribution in [2.45, 2.75) is 18.7 Å². The van der Waals surface area contributed by atoms with Crippen LogP contribution in [0.1, 0.15) is 13.8 Å². The monoisotopic (exact) mass is 226 g/mol. The van der Waals surface area contributed by atoms with E-state index in [2.05, 4.69) is 0 Å². The van der Waals surface area contributed by atoms with E-state index < -0.39 is 5.82 Å². The summed E-state index contributed by atoms with van der Waals surface area (Å²) in [4.78, 5) is 11.6. The third-order valence-electron chi connectivity index (χ3n) is 1.70. The average Bonchev–Trinajstić information content (AvgIpc) is 2.15. The lowest BCUT2D eigenvalue weighted by Crippen LogP contribution is -1.96. The molecule has 0 atom stereocenters. The van der Waals surface area contributed by atoms with Crippen LogP contribution >= 0.6 is 11.8 Å². The molecule has 1 aromatic carbocycles. The second-order valence-corrected chi connectivity index (χ2v) is 4.06. The molecule has 0 bridgehead atoms. The summed E-state index contributed by atoms with van der Waals surface area (Å²) in [5, 5.41) is 9.25. The molecule has 0 fully saturated rings. The summed E-state index contributed by atoms with van der Waals surface area (Å²) in [6.45, 7) is 2.74. The summed E-state index contributed by atoms with van der Waals surface area (Å²) in [6.07, 6.45) is 0. The first-order valence-electron chi connectivity index (χ1n) is 4.35. The Morgan fingerprint density at radius 3 is 2.40 bits per heavy atom. The van der Waals surface area contributed by atoms with Gasteiger partial charge in [0, 0.05) is 4.90 Å². The summed E-state index contributed by atoms with van der Waals surface area (Å²) in [5.74, 6) is -0.762. The van der Waals surface area contributed by atoms with Crippen LogP contribution in [0.3, 0.4) is 0 Å². The van der Waals surface area contributed by atoms with Gasteiger partial charge in [0.2, 0.25) is 0 Å². The van der Waals surface area contributed by atoms with Crippen LogP contribution in [0.15, 0.2) is 39.8 Å². The van der Waals surface area contributed by atoms with E-state index in [1.807, 2.05) is 0 Å². The quantitative estimate of drug-likeness (QED) is 0.488. The summed E-state index contributed by atoms with van der Waals surface area (Å²) in [5.41, 5.74) is 0. The standard InChI is InChI=1S/C11H11FO2S/c1-7(13)11(8(2)14)15-10-6-4-3-5-9(10)12/h3-6,13H,1-2H3. The van der Waals surface area contributed by atoms with Gasteiger partial charge in [-0.15, -0.1) is 0 Å². The van der Waals surface area contributed by atoms with Gasteiger partial charge in [0.15, 0.2) is 5.78 Å². The van der Waals surface area contributed by atoms with E-state index in [9.17, 15) is 14.3 Å². The third-order valence-corrected chi connectivity index (χ3v) is 3.04. The van der Waals surface area contributed by atoms with Gasteiger partial charge in [-0.1, -0.05) is 23.9 Å². The summed E-state index contributed by atoms with van der Waals surface area (Å²) < 4.78 is 13.2. The number of carbonyl (C=O) groups is 1. The Kier molecular flexibility index (Phi) is 3.91. The van der Waals surface area contributed by atoms with E-state index in [4.69, 9.17) is 0 Å². The molecule has 2 nitrogen and oxygen atoms in total. The molecule has 0 radical (unpaired) electrons. The summed E-state index contributed by atoms with van der Waals surface area (Å²) in [7, 11) is 0. The van der Waals surface area contributed by atoms with Gasteiger partial charge < -0.3 is 5.11 Å². The first-order valence-corrected chi connectivity index (χ1v) is 5.17. The maximum absolute atomic E-state index is 13.2. The van der Waals surface area contributed by atoms with Crippen LogP contribution < -0.4 is 0 Å². The highest BCUT2D eigenvalue weighted by Gasteiger charge is 2.12. The maximum atomic E-state index is 13.2. The third kappa shape index (κ3) is 3.09. The average molecular weight is 226 g/mol. The number of Topliss-reactive ketones (excluding diaryl/α,β-unsaturated/α-hetero) is 1. The molecule has 80 valence electrons. The van der Waals surface area contributed by atoms with Crippen LogP contribution in [-0.4, -0.2) is 10.9 Å². The Morgan fingerprint density at radius 2 is 1.93 bits per heavy atom. The zero-order valence-electron chi connectivity index (χ0n) is 8.45. The number of ketones is 1. The fraction of sp³-hybridized carbons (Fsp3) is 0.182. The molecule has 0 aliphatic carbocycles. The Labute approximate surface area is 91.8 Å². The first kappa shape index (κ1) is 11.8. The van der Waals surface area contributed by atoms with Gasteiger partial charge in [0.25, 0.3) is 0 Å². The highest BCUT2D eigenvalue weighted by Crippen LogP contribution is 2.30. The molecule has 1 rings (SSSR count). The predicted octanol–water partition coefficient (Wildman–Crippen LogP) is 3.30. The zero-order chi connectivity index (χ0) is 11.4. The zero-order valence-corrected chi connectivity index (χ0v) is 9.27. The van der Waals surface area contributed by atoms with E-state index in [0.29, 0.717) is 4.90 Å². The molecule has 0 unspecified atom stereocenters. The molecule has 1 aromatic rings. The highest BCUT2D eigenvalue weighted by atomic mass is 32.2. The van der Waals surface area contributed by atoms with Crippen molar-refractivity contribution in [2.24, 2.45) is 0 Å². The van der Waals surface area contributed by atoms with Crippen molar-refractivity contribution < 1.29 is 14.3 Å². The lowest BCUT2D eigenvalue weighted by molar-refractivity contribution is -0.113. The van der Waals surface area contributed by atoms with Crippen LogP contribution in [0.5, 0.6) is 0 Å². The lowest BCUT2D eigenvalue weighted by atomic mass is 10.3. The van der Waals surface area contributed by atoms with Crippen molar-refractivity contribution in [3.8, 4) is 0 Å². The number of hydrogen-bond acceptors (Lipinski definition) is 3. The van der Waals surface area contributed by atoms with Gasteiger partial charge in [-0.3, -0.25) is 4.79 Å². The molecule has 0 aliphatic heterocycles. The van der Waals surface area contributed by atoms with Gasteiger partial charge in [-0.25, -0.2) is 4.39 Å². The highest BCUT2D eigenvalue weighted by molar-refractivity contribution is 8.04. The Morgan fingerprint density at radius 1 is 1.33 bits per heavy atom. The topological polar surface area (TPSA) is 37.3 Å². The fourth-order valence-electron chi connectivity index (χ4n) is 1.04. The molecule has 0 saturated carbocycles. The molecule has 0 heterocycles. The number of halogens is 1. The minimum atomic E-state index is -0.400. The van der Waals surface area contributed by atoms with Gasteiger partial charge in [-0.2, -0.15) is 0 Å². The largest absolute Gasteiger partial charge is 0.511 e. The van der Waals surface area contributed by atoms with Crippen LogP contribution in [0.25, 0.3) is 0 Å². The number of rotatable bonds is 3. The summed E-state index contributed by atoms with van der Waals surface area (Å²) in [6, 6.07) is 6.12. The van der Waals surface area contributed by atoms with Crippen LogP contribution in [0, 0.1) is 5.82 Å². The molecule has 0 amide bonds. The minimum absolute atomic E-state index is 0.0873. The molecular weight excluding hydrogens is 215 g/mol. The smallest absolute Gasteiger partial charge is 0.169 e. The number of allylic oxidation sites excluding steroid dienone is 2. The van der Waals surface area contributed by atoms with E-state index in [1.54, 1.807) is 18.2 Å². The van der Waals surface area contributed by atoms with E-state index in [-0.39, 0.29) is 16.4 Å². The van der Waals surface area contributed by atoms with Crippen molar-refractivity contribution in [3.05, 3.63) is 40.7 Å². The van der Waals surface area contributed by atoms with Crippen molar-refractivity contribution >= 4 is 17.5 Å². The van der Waals surface area contributed by atoms with Gasteiger partial charge in [0.1, 0.15) is 11.6 Å². The van der Waals surface area contributed by atoms with Crippen molar-refractivity contribution in [1.29, 1.82) is 0 Å². The van der Waals surface area contributed by atoms with Gasteiger partial charge in [-0.05, 0) is 26.0 Å². The van der Waals surface area contributed by atoms with Gasteiger partial charge in [0.05, 0.1) is 4.91 Å². The number of aliphatic hydroxyl groups excluding tert-OH is 1. The first-order chi connectivity index (χ1) is 7.02. The normalized spacial score (nSPS) is 12.2. The maximum Gasteiger partial charge on any atom is 0.169 e. The molecule has 0 spiro atoms. The Balaban J connectivity index is 3.00. The van der Waals surface area contributed by atoms with Crippen LogP contribution in [0.4, 0.5) is 4.39 Å². The van der Waals surface area contributed by atoms with E-state index in [0.717, 1.165) is 11.8 Å². The number of hydrogen-bond donors (Lipinski definition) is 1. The van der Waals surface area contributed by atoms with Crippen LogP contribution in [0.2, 0.25) is 0 Å². The molecule has 4 heteroatoms. The molecule has 0 aliphatic rings. The predicted molar refractivity (Wildman–Crippen MR) is 58.3 cm³/mol. The van der Waals surface area contributed by atoms with Crippen molar-refractivity contribution in [1.82, 2.24) is 0 Å². The molecule has 0 saturated heterocycles. The second-order valence-electron chi connectivity index (χ2n) is 3.00. The SMILES string of the molecule is CC(=O)C(Sc1ccccc1F)=C(C)O. The van der Waals surface area contributed by atoms with E-state index in [1.165, 1.54) is 19.9 Å². The van der Waals surface area contributed by atoms with Crippen molar-refractivity contribution in [3.63, 3.8) is 0 Å². The molecular formula is C11H11FO2S. The molecule has 1 N–H and O–H groups in total. The van der Waals surface area contributed by atoms with Crippen molar-refractivity contribution in [2.75, 3.05) is 0 Å². The lowest BCUT2D eigenvalue weighted by Gasteiger charge is -2.05. The number of thioether (sulfide) groups is 1. The Hall–Kier alpha value is -1.29. The number of carbonyl (C=O) groups excluding carboxylic acids is 1. The van der Waals surface area contributed by atoms with Gasteiger partial charge >= 0.3 is 0 Å². The Bertz CT molecular complexity index is 409. The number of benzene rings is 1. The minimum Gasteiger partial charge on any atom is -0.511 e. The molecule has 15 heavy (non-hydrogen) atoms. The molecule has 0 aromatic heterocycles. The van der Waals surface area contributed by atoms with Crippen LogP contribution in [-0.2, 0) is 4.79 Å². The summed E-state index contributed by atoms with van der Waals surface area (Å²) >= 11 is 0.937.